The molecule has 1 aliphatic carbocycles. The van der Waals surface area contributed by atoms with Crippen molar-refractivity contribution in [2.24, 2.45) is 0 Å². The highest BCUT2D eigenvalue weighted by Crippen LogP contribution is 2.32. The predicted molar refractivity (Wildman–Crippen MR) is 78.2 cm³/mol. The van der Waals surface area contributed by atoms with Crippen LogP contribution in [0.2, 0.25) is 0 Å². The molecule has 106 valence electrons. The Labute approximate surface area is 120 Å². The van der Waals surface area contributed by atoms with E-state index in [-0.39, 0.29) is 0 Å². The summed E-state index contributed by atoms with van der Waals surface area (Å²) in [4.78, 5) is 0.365. The van der Waals surface area contributed by atoms with Crippen LogP contribution in [0.4, 0.5) is 0 Å². The third-order valence-corrected chi connectivity index (χ3v) is 6.03. The second-order valence-electron chi connectivity index (χ2n) is 5.50. The van der Waals surface area contributed by atoms with Crippen LogP contribution >= 0.6 is 11.6 Å². The molecule has 0 heterocycles. The molecule has 0 saturated heterocycles. The summed E-state index contributed by atoms with van der Waals surface area (Å²) in [5, 5.41) is 0. The summed E-state index contributed by atoms with van der Waals surface area (Å²) in [6.07, 6.45) is 3.70. The van der Waals surface area contributed by atoms with Crippen LogP contribution in [0.3, 0.4) is 0 Å². The van der Waals surface area contributed by atoms with E-state index in [4.69, 9.17) is 11.6 Å². The minimum absolute atomic E-state index is 0.330. The van der Waals surface area contributed by atoms with Crippen molar-refractivity contribution in [1.82, 2.24) is 4.72 Å². The van der Waals surface area contributed by atoms with E-state index in [2.05, 4.69) is 4.72 Å². The Morgan fingerprint density at radius 3 is 2.47 bits per heavy atom. The number of sulfonamides is 1. The molecule has 19 heavy (non-hydrogen) atoms. The lowest BCUT2D eigenvalue weighted by Crippen LogP contribution is -2.47. The maximum absolute atomic E-state index is 12.6. The predicted octanol–water partition coefficient (Wildman–Crippen LogP) is 3.13. The fourth-order valence-electron chi connectivity index (χ4n) is 2.65. The Kier molecular flexibility index (Phi) is 4.23. The van der Waals surface area contributed by atoms with Crippen molar-refractivity contribution in [2.75, 3.05) is 5.88 Å². The molecule has 1 aromatic carbocycles. The summed E-state index contributed by atoms with van der Waals surface area (Å²) in [6.45, 7) is 3.71. The Morgan fingerprint density at radius 2 is 1.89 bits per heavy atom. The van der Waals surface area contributed by atoms with Crippen LogP contribution in [0, 0.1) is 13.8 Å². The summed E-state index contributed by atoms with van der Waals surface area (Å²) in [6, 6.07) is 5.47. The van der Waals surface area contributed by atoms with Crippen LogP contribution in [0.25, 0.3) is 0 Å². The van der Waals surface area contributed by atoms with Crippen molar-refractivity contribution in [2.45, 2.75) is 50.0 Å². The maximum atomic E-state index is 12.6. The molecule has 2 rings (SSSR count). The van der Waals surface area contributed by atoms with Gasteiger partial charge in [-0.15, -0.1) is 11.6 Å². The zero-order valence-electron chi connectivity index (χ0n) is 11.4. The molecule has 1 fully saturated rings. The third kappa shape index (κ3) is 3.12. The Balaban J connectivity index is 2.34. The second-order valence-corrected chi connectivity index (χ2v) is 7.41. The van der Waals surface area contributed by atoms with Crippen molar-refractivity contribution in [1.29, 1.82) is 0 Å². The lowest BCUT2D eigenvalue weighted by atomic mass is 10.0. The summed E-state index contributed by atoms with van der Waals surface area (Å²) < 4.78 is 28.0. The van der Waals surface area contributed by atoms with E-state index in [1.165, 1.54) is 0 Å². The van der Waals surface area contributed by atoms with Gasteiger partial charge in [0.1, 0.15) is 0 Å². The zero-order chi connectivity index (χ0) is 14.1. The zero-order valence-corrected chi connectivity index (χ0v) is 12.9. The molecule has 5 heteroatoms. The fraction of sp³-hybridized carbons (Fsp3) is 0.571. The average molecular weight is 302 g/mol. The van der Waals surface area contributed by atoms with Crippen LogP contribution in [0.15, 0.2) is 23.1 Å². The molecule has 0 bridgehead atoms. The first-order valence-corrected chi connectivity index (χ1v) is 8.58. The van der Waals surface area contributed by atoms with Gasteiger partial charge in [0.25, 0.3) is 0 Å². The van der Waals surface area contributed by atoms with Gasteiger partial charge in [0.2, 0.25) is 10.0 Å². The number of halogens is 1. The van der Waals surface area contributed by atoms with Gasteiger partial charge >= 0.3 is 0 Å². The molecule has 1 saturated carbocycles. The van der Waals surface area contributed by atoms with Gasteiger partial charge in [-0.2, -0.15) is 0 Å². The van der Waals surface area contributed by atoms with E-state index < -0.39 is 15.6 Å². The molecule has 0 amide bonds. The quantitative estimate of drug-likeness (QED) is 0.869. The Hall–Kier alpha value is -0.580. The fourth-order valence-corrected chi connectivity index (χ4v) is 4.85. The molecule has 0 aromatic heterocycles. The first-order valence-electron chi connectivity index (χ1n) is 6.56. The number of hydrogen-bond donors (Lipinski definition) is 1. The molecule has 0 unspecified atom stereocenters. The molecular weight excluding hydrogens is 282 g/mol. The number of nitrogens with one attached hydrogen (secondary N) is 1. The summed E-state index contributed by atoms with van der Waals surface area (Å²) in [7, 11) is -3.50. The molecule has 3 nitrogen and oxygen atoms in total. The number of aryl methyl sites for hydroxylation is 2. The molecule has 0 aliphatic heterocycles. The van der Waals surface area contributed by atoms with Crippen molar-refractivity contribution in [3.8, 4) is 0 Å². The smallest absolute Gasteiger partial charge is 0.207 e. The van der Waals surface area contributed by atoms with Gasteiger partial charge in [0, 0.05) is 11.4 Å². The summed E-state index contributed by atoms with van der Waals surface area (Å²) in [5.41, 5.74) is 1.24. The third-order valence-electron chi connectivity index (χ3n) is 3.80. The highest BCUT2D eigenvalue weighted by Gasteiger charge is 2.37. The van der Waals surface area contributed by atoms with E-state index in [1.54, 1.807) is 6.07 Å². The lowest BCUT2D eigenvalue weighted by molar-refractivity contribution is 0.432. The molecular formula is C14H20ClNO2S. The van der Waals surface area contributed by atoms with Crippen LogP contribution in [-0.4, -0.2) is 19.8 Å². The van der Waals surface area contributed by atoms with E-state index in [0.717, 1.165) is 36.8 Å². The standard InChI is InChI=1S/C14H20ClNO2S/c1-11-5-6-12(2)13(9-11)19(17,18)16-14(10-15)7-3-4-8-14/h5-6,9,16H,3-4,7-8,10H2,1-2H3. The summed E-state index contributed by atoms with van der Waals surface area (Å²) in [5.74, 6) is 0.330. The van der Waals surface area contributed by atoms with Crippen LogP contribution in [0.1, 0.15) is 36.8 Å². The minimum Gasteiger partial charge on any atom is -0.207 e. The van der Waals surface area contributed by atoms with Gasteiger partial charge in [-0.1, -0.05) is 25.0 Å². The minimum atomic E-state index is -3.50. The number of rotatable bonds is 4. The first-order chi connectivity index (χ1) is 8.88. The molecule has 0 atom stereocenters. The molecule has 1 aromatic rings. The van der Waals surface area contributed by atoms with Crippen LogP contribution in [0.5, 0.6) is 0 Å². The number of alkyl halides is 1. The van der Waals surface area contributed by atoms with Gasteiger partial charge in [-0.3, -0.25) is 0 Å². The SMILES string of the molecule is Cc1ccc(C)c(S(=O)(=O)NC2(CCl)CCCC2)c1. The van der Waals surface area contributed by atoms with Crippen molar-refractivity contribution >= 4 is 21.6 Å². The van der Waals surface area contributed by atoms with Gasteiger partial charge < -0.3 is 0 Å². The van der Waals surface area contributed by atoms with Crippen molar-refractivity contribution < 1.29 is 8.42 Å². The highest BCUT2D eigenvalue weighted by atomic mass is 35.5. The van der Waals surface area contributed by atoms with E-state index in [9.17, 15) is 8.42 Å². The summed E-state index contributed by atoms with van der Waals surface area (Å²) >= 11 is 6.00. The van der Waals surface area contributed by atoms with E-state index in [1.807, 2.05) is 26.0 Å². The van der Waals surface area contributed by atoms with Gasteiger partial charge in [-0.25, -0.2) is 13.1 Å². The molecule has 1 aliphatic rings. The van der Waals surface area contributed by atoms with Gasteiger partial charge in [0.05, 0.1) is 4.90 Å². The monoisotopic (exact) mass is 301 g/mol. The van der Waals surface area contributed by atoms with Crippen molar-refractivity contribution in [3.05, 3.63) is 29.3 Å². The maximum Gasteiger partial charge on any atom is 0.241 e. The van der Waals surface area contributed by atoms with Crippen LogP contribution < -0.4 is 4.72 Å². The first kappa shape index (κ1) is 14.8. The highest BCUT2D eigenvalue weighted by molar-refractivity contribution is 7.89. The normalized spacial score (nSPS) is 18.7. The Bertz CT molecular complexity index is 563. The Morgan fingerprint density at radius 1 is 1.26 bits per heavy atom. The largest absolute Gasteiger partial charge is 0.241 e. The molecule has 1 N–H and O–H groups in total. The van der Waals surface area contributed by atoms with Gasteiger partial charge in [0.15, 0.2) is 0 Å². The number of hydrogen-bond acceptors (Lipinski definition) is 2. The molecule has 0 spiro atoms. The lowest BCUT2D eigenvalue weighted by Gasteiger charge is -2.27. The van der Waals surface area contributed by atoms with E-state index in [0.29, 0.717) is 10.8 Å². The van der Waals surface area contributed by atoms with Crippen LogP contribution in [-0.2, 0) is 10.0 Å². The average Bonchev–Trinajstić information content (AvgIpc) is 2.80. The topological polar surface area (TPSA) is 46.2 Å². The van der Waals surface area contributed by atoms with Crippen molar-refractivity contribution in [3.63, 3.8) is 0 Å². The van der Waals surface area contributed by atoms with E-state index >= 15 is 0 Å². The van der Waals surface area contributed by atoms with Gasteiger partial charge in [-0.05, 0) is 43.9 Å². The second kappa shape index (κ2) is 5.43. The number of benzene rings is 1. The molecule has 0 radical (unpaired) electrons.